The number of nitro groups is 1. The van der Waals surface area contributed by atoms with Crippen LogP contribution in [0, 0.1) is 15.5 Å². The smallest absolute Gasteiger partial charge is 0.282 e. The fourth-order valence-electron chi connectivity index (χ4n) is 1.73. The summed E-state index contributed by atoms with van der Waals surface area (Å²) in [4.78, 5) is 22.8. The lowest BCUT2D eigenvalue weighted by Gasteiger charge is -2.22. The van der Waals surface area contributed by atoms with Crippen molar-refractivity contribution in [1.82, 2.24) is 5.32 Å². The molecule has 1 rings (SSSR count). The van der Waals surface area contributed by atoms with Crippen LogP contribution in [0.2, 0.25) is 0 Å². The summed E-state index contributed by atoms with van der Waals surface area (Å²) in [5, 5.41) is 16.9. The first-order chi connectivity index (χ1) is 9.80. The highest BCUT2D eigenvalue weighted by Crippen LogP contribution is 2.23. The maximum Gasteiger partial charge on any atom is 0.282 e. The van der Waals surface area contributed by atoms with Crippen LogP contribution >= 0.6 is 0 Å². The van der Waals surface area contributed by atoms with E-state index in [2.05, 4.69) is 10.6 Å². The predicted octanol–water partition coefficient (Wildman–Crippen LogP) is 3.19. The van der Waals surface area contributed by atoms with Gasteiger partial charge in [-0.3, -0.25) is 14.9 Å². The number of carbonyl (C=O) groups excluding carboxylic acids is 1. The molecule has 0 bridgehead atoms. The topological polar surface area (TPSA) is 84.3 Å². The molecular formula is C15H23N3O3. The van der Waals surface area contributed by atoms with Gasteiger partial charge in [-0.2, -0.15) is 0 Å². The molecular weight excluding hydrogens is 270 g/mol. The summed E-state index contributed by atoms with van der Waals surface area (Å²) in [5.74, 6) is -0.414. The second kappa shape index (κ2) is 7.06. The Labute approximate surface area is 125 Å². The van der Waals surface area contributed by atoms with Gasteiger partial charge in [-0.1, -0.05) is 20.8 Å². The summed E-state index contributed by atoms with van der Waals surface area (Å²) < 4.78 is 0. The highest BCUT2D eigenvalue weighted by Gasteiger charge is 2.23. The maximum absolute atomic E-state index is 12.2. The standard InChI is InChI=1S/C15H23N3O3/c1-5-15(3,4)10-17-14(19)12-9-11(16-6-2)7-8-13(12)18(20)21/h7-9,16H,5-6,10H2,1-4H3,(H,17,19). The average Bonchev–Trinajstić information content (AvgIpc) is 2.45. The molecule has 0 aliphatic carbocycles. The minimum Gasteiger partial charge on any atom is -0.385 e. The highest BCUT2D eigenvalue weighted by atomic mass is 16.6. The van der Waals surface area contributed by atoms with Gasteiger partial charge in [0, 0.05) is 24.8 Å². The van der Waals surface area contributed by atoms with E-state index in [0.717, 1.165) is 6.42 Å². The van der Waals surface area contributed by atoms with E-state index >= 15 is 0 Å². The fourth-order valence-corrected chi connectivity index (χ4v) is 1.73. The molecule has 1 aromatic carbocycles. The molecule has 0 spiro atoms. The third-order valence-corrected chi connectivity index (χ3v) is 3.50. The number of rotatable bonds is 7. The molecule has 0 saturated carbocycles. The number of anilines is 1. The monoisotopic (exact) mass is 293 g/mol. The first-order valence-corrected chi connectivity index (χ1v) is 7.11. The summed E-state index contributed by atoms with van der Waals surface area (Å²) in [6.07, 6.45) is 0.910. The van der Waals surface area contributed by atoms with Gasteiger partial charge in [0.25, 0.3) is 11.6 Å². The Morgan fingerprint density at radius 3 is 2.52 bits per heavy atom. The van der Waals surface area contributed by atoms with E-state index in [0.29, 0.717) is 18.8 Å². The number of nitrogens with zero attached hydrogens (tertiary/aromatic N) is 1. The second-order valence-corrected chi connectivity index (χ2v) is 5.72. The molecule has 6 nitrogen and oxygen atoms in total. The lowest BCUT2D eigenvalue weighted by Crippen LogP contribution is -2.33. The predicted molar refractivity (Wildman–Crippen MR) is 83.7 cm³/mol. The lowest BCUT2D eigenvalue weighted by atomic mass is 9.90. The molecule has 0 fully saturated rings. The van der Waals surface area contributed by atoms with Gasteiger partial charge in [0.1, 0.15) is 5.56 Å². The van der Waals surface area contributed by atoms with Crippen LogP contribution in [0.25, 0.3) is 0 Å². The molecule has 0 heterocycles. The Morgan fingerprint density at radius 2 is 2.00 bits per heavy atom. The van der Waals surface area contributed by atoms with Crippen molar-refractivity contribution in [3.8, 4) is 0 Å². The van der Waals surface area contributed by atoms with Crippen LogP contribution in [0.4, 0.5) is 11.4 Å². The SMILES string of the molecule is CCNc1ccc([N+](=O)[O-])c(C(=O)NCC(C)(C)CC)c1. The summed E-state index contributed by atoms with van der Waals surface area (Å²) in [6.45, 7) is 9.20. The molecule has 0 unspecified atom stereocenters. The molecule has 0 atom stereocenters. The molecule has 0 aliphatic heterocycles. The van der Waals surface area contributed by atoms with E-state index < -0.39 is 10.8 Å². The van der Waals surface area contributed by atoms with Crippen molar-refractivity contribution in [2.45, 2.75) is 34.1 Å². The van der Waals surface area contributed by atoms with Crippen molar-refractivity contribution in [1.29, 1.82) is 0 Å². The number of hydrogen-bond acceptors (Lipinski definition) is 4. The molecule has 2 N–H and O–H groups in total. The quantitative estimate of drug-likeness (QED) is 0.597. The van der Waals surface area contributed by atoms with Crippen LogP contribution in [0.1, 0.15) is 44.5 Å². The minimum atomic E-state index is -0.532. The first-order valence-electron chi connectivity index (χ1n) is 7.11. The highest BCUT2D eigenvalue weighted by molar-refractivity contribution is 5.99. The van der Waals surface area contributed by atoms with Crippen LogP contribution in [0.15, 0.2) is 18.2 Å². The van der Waals surface area contributed by atoms with Crippen molar-refractivity contribution in [2.75, 3.05) is 18.4 Å². The van der Waals surface area contributed by atoms with Crippen molar-refractivity contribution in [3.05, 3.63) is 33.9 Å². The number of amides is 1. The summed E-state index contributed by atoms with van der Waals surface area (Å²) >= 11 is 0. The van der Waals surface area contributed by atoms with Crippen molar-refractivity contribution < 1.29 is 9.72 Å². The molecule has 6 heteroatoms. The lowest BCUT2D eigenvalue weighted by molar-refractivity contribution is -0.385. The van der Waals surface area contributed by atoms with Crippen LogP contribution < -0.4 is 10.6 Å². The third kappa shape index (κ3) is 4.73. The zero-order valence-corrected chi connectivity index (χ0v) is 13.0. The van der Waals surface area contributed by atoms with Crippen LogP contribution in [-0.2, 0) is 0 Å². The van der Waals surface area contributed by atoms with Gasteiger partial charge in [0.05, 0.1) is 4.92 Å². The van der Waals surface area contributed by atoms with E-state index in [9.17, 15) is 14.9 Å². The van der Waals surface area contributed by atoms with E-state index in [1.165, 1.54) is 12.1 Å². The normalized spacial score (nSPS) is 11.0. The molecule has 1 aromatic rings. The van der Waals surface area contributed by atoms with Gasteiger partial charge in [-0.15, -0.1) is 0 Å². The van der Waals surface area contributed by atoms with Crippen LogP contribution in [0.3, 0.4) is 0 Å². The Kier molecular flexibility index (Phi) is 5.69. The molecule has 21 heavy (non-hydrogen) atoms. The number of hydrogen-bond donors (Lipinski definition) is 2. The molecule has 0 aliphatic rings. The van der Waals surface area contributed by atoms with E-state index in [1.54, 1.807) is 6.07 Å². The van der Waals surface area contributed by atoms with Gasteiger partial charge in [-0.05, 0) is 30.9 Å². The Bertz CT molecular complexity index is 527. The van der Waals surface area contributed by atoms with Gasteiger partial charge >= 0.3 is 0 Å². The minimum absolute atomic E-state index is 0.0380. The van der Waals surface area contributed by atoms with E-state index in [4.69, 9.17) is 0 Å². The van der Waals surface area contributed by atoms with Crippen molar-refractivity contribution in [3.63, 3.8) is 0 Å². The van der Waals surface area contributed by atoms with Crippen molar-refractivity contribution in [2.24, 2.45) is 5.41 Å². The number of benzene rings is 1. The molecule has 0 aromatic heterocycles. The Morgan fingerprint density at radius 1 is 1.33 bits per heavy atom. The molecule has 0 saturated heterocycles. The fraction of sp³-hybridized carbons (Fsp3) is 0.533. The average molecular weight is 293 g/mol. The zero-order valence-electron chi connectivity index (χ0n) is 13.0. The van der Waals surface area contributed by atoms with Crippen molar-refractivity contribution >= 4 is 17.3 Å². The Hall–Kier alpha value is -2.11. The first kappa shape index (κ1) is 16.9. The Balaban J connectivity index is 2.99. The van der Waals surface area contributed by atoms with Gasteiger partial charge < -0.3 is 10.6 Å². The van der Waals surface area contributed by atoms with E-state index in [1.807, 2.05) is 27.7 Å². The number of nitrogens with one attached hydrogen (secondary N) is 2. The molecule has 116 valence electrons. The summed E-state index contributed by atoms with van der Waals surface area (Å²) in [7, 11) is 0. The molecule has 1 amide bonds. The van der Waals surface area contributed by atoms with Crippen LogP contribution in [0.5, 0.6) is 0 Å². The van der Waals surface area contributed by atoms with Gasteiger partial charge in [0.15, 0.2) is 0 Å². The third-order valence-electron chi connectivity index (χ3n) is 3.50. The van der Waals surface area contributed by atoms with E-state index in [-0.39, 0.29) is 16.7 Å². The largest absolute Gasteiger partial charge is 0.385 e. The number of carbonyl (C=O) groups is 1. The molecule has 0 radical (unpaired) electrons. The summed E-state index contributed by atoms with van der Waals surface area (Å²) in [6, 6.07) is 4.49. The van der Waals surface area contributed by atoms with Crippen LogP contribution in [-0.4, -0.2) is 23.9 Å². The number of nitro benzene ring substituents is 1. The summed E-state index contributed by atoms with van der Waals surface area (Å²) in [5.41, 5.74) is 0.570. The maximum atomic E-state index is 12.2. The zero-order chi connectivity index (χ0) is 16.0. The van der Waals surface area contributed by atoms with Gasteiger partial charge in [-0.25, -0.2) is 0 Å². The second-order valence-electron chi connectivity index (χ2n) is 5.72. The van der Waals surface area contributed by atoms with Gasteiger partial charge in [0.2, 0.25) is 0 Å².